The van der Waals surface area contributed by atoms with Gasteiger partial charge in [-0.05, 0) is 48.9 Å². The van der Waals surface area contributed by atoms with Crippen molar-refractivity contribution in [2.45, 2.75) is 31.3 Å². The minimum atomic E-state index is -0.500. The van der Waals surface area contributed by atoms with Gasteiger partial charge in [0.1, 0.15) is 5.00 Å². The molecule has 0 radical (unpaired) electrons. The number of amides is 2. The van der Waals surface area contributed by atoms with Gasteiger partial charge in [0.15, 0.2) is 11.0 Å². The number of nitrogens with two attached hydrogens (primary N) is 1. The molecule has 0 fully saturated rings. The van der Waals surface area contributed by atoms with E-state index in [4.69, 9.17) is 28.9 Å². The molecule has 168 valence electrons. The number of aromatic nitrogens is 3. The maximum atomic E-state index is 12.6. The second-order valence-electron chi connectivity index (χ2n) is 7.75. The molecule has 1 aliphatic carbocycles. The van der Waals surface area contributed by atoms with Crippen molar-refractivity contribution in [1.29, 1.82) is 0 Å². The summed E-state index contributed by atoms with van der Waals surface area (Å²) in [6, 6.07) is 5.23. The van der Waals surface area contributed by atoms with Crippen LogP contribution >= 0.6 is 46.3 Å². The summed E-state index contributed by atoms with van der Waals surface area (Å²) in [4.78, 5) is 25.8. The van der Waals surface area contributed by atoms with Gasteiger partial charge < -0.3 is 15.6 Å². The Morgan fingerprint density at radius 2 is 2.09 bits per heavy atom. The second kappa shape index (κ2) is 9.43. The maximum Gasteiger partial charge on any atom is 0.251 e. The van der Waals surface area contributed by atoms with Crippen molar-refractivity contribution < 1.29 is 9.59 Å². The van der Waals surface area contributed by atoms with Crippen LogP contribution in [0.5, 0.6) is 0 Å². The van der Waals surface area contributed by atoms with Gasteiger partial charge in [0.05, 0.1) is 21.4 Å². The van der Waals surface area contributed by atoms with E-state index in [0.717, 1.165) is 35.3 Å². The van der Waals surface area contributed by atoms with Crippen LogP contribution in [0.3, 0.4) is 0 Å². The van der Waals surface area contributed by atoms with E-state index >= 15 is 0 Å². The summed E-state index contributed by atoms with van der Waals surface area (Å²) < 4.78 is 1.79. The Kier molecular flexibility index (Phi) is 6.80. The van der Waals surface area contributed by atoms with Crippen molar-refractivity contribution in [2.24, 2.45) is 18.7 Å². The predicted octanol–water partition coefficient (Wildman–Crippen LogP) is 4.80. The van der Waals surface area contributed by atoms with Gasteiger partial charge in [-0.15, -0.1) is 21.5 Å². The van der Waals surface area contributed by atoms with E-state index in [1.54, 1.807) is 16.7 Å². The van der Waals surface area contributed by atoms with Crippen LogP contribution in [0.15, 0.2) is 23.4 Å². The van der Waals surface area contributed by atoms with Crippen LogP contribution in [0.25, 0.3) is 11.4 Å². The molecule has 0 spiro atoms. The monoisotopic (exact) mass is 509 g/mol. The number of anilines is 1. The van der Waals surface area contributed by atoms with Crippen LogP contribution in [-0.4, -0.2) is 32.3 Å². The number of thioether (sulfide) groups is 1. The van der Waals surface area contributed by atoms with E-state index in [1.807, 2.05) is 13.1 Å². The molecule has 3 N–H and O–H groups in total. The number of carbonyl (C=O) groups excluding carboxylic acids is 2. The molecule has 0 saturated heterocycles. The molecule has 0 bridgehead atoms. The fraction of sp³-hybridized carbons (Fsp3) is 0.333. The summed E-state index contributed by atoms with van der Waals surface area (Å²) in [6.07, 6.45) is 2.73. The number of halogens is 2. The number of nitrogens with zero attached hydrogens (tertiary/aromatic N) is 3. The quantitative estimate of drug-likeness (QED) is 0.464. The lowest BCUT2D eigenvalue weighted by atomic mass is 9.88. The second-order valence-corrected chi connectivity index (χ2v) is 10.6. The zero-order chi connectivity index (χ0) is 23.0. The SMILES string of the molecule is CC1CCc2c(sc(NC(=O)CSc3nnc(-c4ccc(Cl)c(Cl)c4)n3C)c2C(N)=O)C1. The van der Waals surface area contributed by atoms with Crippen LogP contribution in [0, 0.1) is 5.92 Å². The van der Waals surface area contributed by atoms with Gasteiger partial charge in [-0.3, -0.25) is 9.59 Å². The van der Waals surface area contributed by atoms with Gasteiger partial charge in [-0.1, -0.05) is 41.9 Å². The number of hydrogen-bond acceptors (Lipinski definition) is 6. The van der Waals surface area contributed by atoms with Crippen molar-refractivity contribution >= 4 is 63.1 Å². The number of benzene rings is 1. The average molecular weight is 510 g/mol. The Morgan fingerprint density at radius 1 is 1.31 bits per heavy atom. The predicted molar refractivity (Wildman–Crippen MR) is 130 cm³/mol. The fourth-order valence-electron chi connectivity index (χ4n) is 3.72. The highest BCUT2D eigenvalue weighted by Gasteiger charge is 2.27. The lowest BCUT2D eigenvalue weighted by Gasteiger charge is -2.18. The van der Waals surface area contributed by atoms with Crippen molar-refractivity contribution in [1.82, 2.24) is 14.8 Å². The summed E-state index contributed by atoms with van der Waals surface area (Å²) in [5, 5.41) is 13.3. The molecule has 11 heteroatoms. The average Bonchev–Trinajstić information content (AvgIpc) is 3.28. The number of carbonyl (C=O) groups is 2. The first-order chi connectivity index (χ1) is 15.2. The summed E-state index contributed by atoms with van der Waals surface area (Å²) >= 11 is 14.8. The zero-order valence-corrected chi connectivity index (χ0v) is 20.6. The zero-order valence-electron chi connectivity index (χ0n) is 17.4. The van der Waals surface area contributed by atoms with Crippen LogP contribution < -0.4 is 11.1 Å². The molecular weight excluding hydrogens is 489 g/mol. The first-order valence-corrected chi connectivity index (χ1v) is 12.5. The summed E-state index contributed by atoms with van der Waals surface area (Å²) in [5.41, 5.74) is 7.85. The van der Waals surface area contributed by atoms with E-state index in [0.29, 0.717) is 37.5 Å². The molecule has 7 nitrogen and oxygen atoms in total. The van der Waals surface area contributed by atoms with Crippen LogP contribution in [0.2, 0.25) is 10.0 Å². The maximum absolute atomic E-state index is 12.6. The van der Waals surface area contributed by atoms with Crippen molar-refractivity contribution in [2.75, 3.05) is 11.1 Å². The molecule has 0 saturated carbocycles. The molecular formula is C21H21Cl2N5O2S2. The standard InChI is InChI=1S/C21H21Cl2N5O2S2/c1-10-3-5-12-15(7-10)32-20(17(12)18(24)30)25-16(29)9-31-21-27-26-19(28(21)2)11-4-6-13(22)14(23)8-11/h4,6,8,10H,3,5,7,9H2,1-2H3,(H2,24,30)(H,25,29). The number of rotatable bonds is 6. The van der Waals surface area contributed by atoms with Gasteiger partial charge in [-0.25, -0.2) is 0 Å². The van der Waals surface area contributed by atoms with E-state index in [-0.39, 0.29) is 11.7 Å². The van der Waals surface area contributed by atoms with E-state index in [2.05, 4.69) is 22.4 Å². The smallest absolute Gasteiger partial charge is 0.251 e. The summed E-state index contributed by atoms with van der Waals surface area (Å²) in [5.74, 6) is 0.553. The number of nitrogens with one attached hydrogen (secondary N) is 1. The third kappa shape index (κ3) is 4.66. The van der Waals surface area contributed by atoms with Crippen molar-refractivity contribution in [3.63, 3.8) is 0 Å². The molecule has 1 aliphatic rings. The Labute approximate surface area is 203 Å². The third-order valence-corrected chi connectivity index (χ3v) is 8.29. The summed E-state index contributed by atoms with van der Waals surface area (Å²) in [7, 11) is 1.82. The van der Waals surface area contributed by atoms with Crippen LogP contribution in [0.4, 0.5) is 5.00 Å². The third-order valence-electron chi connectivity index (χ3n) is 5.36. The molecule has 2 aromatic heterocycles. The normalized spacial score (nSPS) is 15.4. The van der Waals surface area contributed by atoms with E-state index in [1.165, 1.54) is 23.1 Å². The highest BCUT2D eigenvalue weighted by atomic mass is 35.5. The first-order valence-electron chi connectivity index (χ1n) is 9.96. The van der Waals surface area contributed by atoms with Gasteiger partial charge in [0, 0.05) is 17.5 Å². The lowest BCUT2D eigenvalue weighted by Crippen LogP contribution is -2.20. The van der Waals surface area contributed by atoms with Crippen LogP contribution in [-0.2, 0) is 24.7 Å². The number of fused-ring (bicyclic) bond motifs is 1. The minimum absolute atomic E-state index is 0.116. The molecule has 32 heavy (non-hydrogen) atoms. The minimum Gasteiger partial charge on any atom is -0.365 e. The summed E-state index contributed by atoms with van der Waals surface area (Å²) in [6.45, 7) is 2.19. The molecule has 2 amide bonds. The van der Waals surface area contributed by atoms with Gasteiger partial charge in [0.2, 0.25) is 5.91 Å². The Balaban J connectivity index is 1.46. The molecule has 1 aromatic carbocycles. The highest BCUT2D eigenvalue weighted by molar-refractivity contribution is 7.99. The highest BCUT2D eigenvalue weighted by Crippen LogP contribution is 2.39. The Morgan fingerprint density at radius 3 is 2.81 bits per heavy atom. The molecule has 1 unspecified atom stereocenters. The van der Waals surface area contributed by atoms with Crippen LogP contribution in [0.1, 0.15) is 34.1 Å². The van der Waals surface area contributed by atoms with Crippen molar-refractivity contribution in [3.05, 3.63) is 44.2 Å². The number of primary amides is 1. The first kappa shape index (κ1) is 23.1. The Bertz CT molecular complexity index is 1210. The van der Waals surface area contributed by atoms with Gasteiger partial charge in [0.25, 0.3) is 5.91 Å². The van der Waals surface area contributed by atoms with Crippen molar-refractivity contribution in [3.8, 4) is 11.4 Å². The Hall–Kier alpha value is -2.07. The topological polar surface area (TPSA) is 103 Å². The lowest BCUT2D eigenvalue weighted by molar-refractivity contribution is -0.113. The molecule has 1 atom stereocenters. The fourth-order valence-corrected chi connectivity index (χ4v) is 6.16. The number of thiophene rings is 1. The van der Waals surface area contributed by atoms with Gasteiger partial charge in [-0.2, -0.15) is 0 Å². The molecule has 3 aromatic rings. The van der Waals surface area contributed by atoms with Gasteiger partial charge >= 0.3 is 0 Å². The largest absolute Gasteiger partial charge is 0.365 e. The number of hydrogen-bond donors (Lipinski definition) is 2. The molecule has 2 heterocycles. The molecule has 4 rings (SSSR count). The van der Waals surface area contributed by atoms with E-state index < -0.39 is 5.91 Å². The van der Waals surface area contributed by atoms with E-state index in [9.17, 15) is 9.59 Å². The molecule has 0 aliphatic heterocycles.